The molecule has 4 rings (SSSR count). The van der Waals surface area contributed by atoms with Crippen LogP contribution in [0.4, 0.5) is 14.6 Å². The van der Waals surface area contributed by atoms with Crippen molar-refractivity contribution in [1.82, 2.24) is 19.7 Å². The lowest BCUT2D eigenvalue weighted by Gasteiger charge is -2.11. The molecule has 0 radical (unpaired) electrons. The molecule has 8 nitrogen and oxygen atoms in total. The van der Waals surface area contributed by atoms with E-state index in [0.717, 1.165) is 0 Å². The van der Waals surface area contributed by atoms with Crippen molar-refractivity contribution in [3.05, 3.63) is 47.5 Å². The van der Waals surface area contributed by atoms with Crippen LogP contribution in [0.25, 0.3) is 11.3 Å². The zero-order chi connectivity index (χ0) is 20.8. The lowest BCUT2D eigenvalue weighted by atomic mass is 10.1. The van der Waals surface area contributed by atoms with E-state index in [1.54, 1.807) is 10.7 Å². The summed E-state index contributed by atoms with van der Waals surface area (Å²) in [6.45, 7) is 3.81. The van der Waals surface area contributed by atoms with Gasteiger partial charge in [0.25, 0.3) is 5.91 Å². The number of alkyl halides is 2. The molecule has 1 amide bonds. The summed E-state index contributed by atoms with van der Waals surface area (Å²) in [5.41, 5.74) is 1.02. The van der Waals surface area contributed by atoms with E-state index < -0.39 is 6.29 Å². The SMILES string of the molecule is CC(C)n1nccc1C(=O)Nc1cnc(-c2cc3c(cc2Cl)OC(F)(F)O3)cn1. The van der Waals surface area contributed by atoms with Gasteiger partial charge >= 0.3 is 6.29 Å². The van der Waals surface area contributed by atoms with Crippen LogP contribution in [0.15, 0.2) is 36.8 Å². The van der Waals surface area contributed by atoms with Gasteiger partial charge in [-0.05, 0) is 26.0 Å². The minimum atomic E-state index is -3.74. The molecular formula is C18H14ClF2N5O3. The topological polar surface area (TPSA) is 91.2 Å². The normalized spacial score (nSPS) is 14.3. The molecule has 0 saturated heterocycles. The molecule has 0 atom stereocenters. The molecule has 1 N–H and O–H groups in total. The molecule has 0 aliphatic carbocycles. The fraction of sp³-hybridized carbons (Fsp3) is 0.222. The number of ether oxygens (including phenoxy) is 2. The maximum absolute atomic E-state index is 13.2. The zero-order valence-corrected chi connectivity index (χ0v) is 15.9. The highest BCUT2D eigenvalue weighted by molar-refractivity contribution is 6.33. The molecule has 3 heterocycles. The first-order chi connectivity index (χ1) is 13.7. The first-order valence-corrected chi connectivity index (χ1v) is 8.88. The molecule has 1 aliphatic rings. The molecule has 1 aromatic carbocycles. The first-order valence-electron chi connectivity index (χ1n) is 8.50. The Hall–Kier alpha value is -3.27. The summed E-state index contributed by atoms with van der Waals surface area (Å²) in [4.78, 5) is 20.8. The average Bonchev–Trinajstić information content (AvgIpc) is 3.25. The van der Waals surface area contributed by atoms with Gasteiger partial charge in [-0.2, -0.15) is 5.10 Å². The number of aromatic nitrogens is 4. The van der Waals surface area contributed by atoms with Crippen LogP contribution in [-0.4, -0.2) is 32.0 Å². The molecule has 2 aromatic heterocycles. The van der Waals surface area contributed by atoms with Gasteiger partial charge in [-0.1, -0.05) is 11.6 Å². The fourth-order valence-electron chi connectivity index (χ4n) is 2.79. The summed E-state index contributed by atoms with van der Waals surface area (Å²) in [6.07, 6.45) is 0.483. The van der Waals surface area contributed by atoms with E-state index in [1.807, 2.05) is 13.8 Å². The molecule has 3 aromatic rings. The van der Waals surface area contributed by atoms with E-state index in [1.165, 1.54) is 30.7 Å². The fourth-order valence-corrected chi connectivity index (χ4v) is 3.04. The summed E-state index contributed by atoms with van der Waals surface area (Å²) in [6, 6.07) is 4.12. The Labute approximate surface area is 168 Å². The van der Waals surface area contributed by atoms with Crippen molar-refractivity contribution in [3.63, 3.8) is 0 Å². The van der Waals surface area contributed by atoms with Crippen LogP contribution in [0.2, 0.25) is 5.02 Å². The van der Waals surface area contributed by atoms with Crippen LogP contribution in [0.3, 0.4) is 0 Å². The highest BCUT2D eigenvalue weighted by atomic mass is 35.5. The number of carbonyl (C=O) groups excluding carboxylic acids is 1. The molecule has 0 fully saturated rings. The molecule has 0 spiro atoms. The highest BCUT2D eigenvalue weighted by Crippen LogP contribution is 2.45. The second-order valence-corrected chi connectivity index (χ2v) is 6.85. The van der Waals surface area contributed by atoms with Crippen LogP contribution in [-0.2, 0) is 0 Å². The summed E-state index contributed by atoms with van der Waals surface area (Å²) < 4.78 is 36.8. The van der Waals surface area contributed by atoms with Gasteiger partial charge in [-0.25, -0.2) is 4.98 Å². The summed E-state index contributed by atoms with van der Waals surface area (Å²) in [7, 11) is 0. The predicted molar refractivity (Wildman–Crippen MR) is 99.2 cm³/mol. The Kier molecular flexibility index (Phi) is 4.58. The maximum atomic E-state index is 13.2. The first kappa shape index (κ1) is 19.1. The molecular weight excluding hydrogens is 408 g/mol. The van der Waals surface area contributed by atoms with E-state index >= 15 is 0 Å². The lowest BCUT2D eigenvalue weighted by molar-refractivity contribution is -0.286. The number of halogens is 3. The number of hydrogen-bond donors (Lipinski definition) is 1. The second kappa shape index (κ2) is 6.96. The number of fused-ring (bicyclic) bond motifs is 1. The Balaban J connectivity index is 1.55. The minimum Gasteiger partial charge on any atom is -0.395 e. The van der Waals surface area contributed by atoms with E-state index in [0.29, 0.717) is 17.0 Å². The van der Waals surface area contributed by atoms with Crippen molar-refractivity contribution in [1.29, 1.82) is 0 Å². The number of amides is 1. The van der Waals surface area contributed by atoms with Crippen molar-refractivity contribution in [2.75, 3.05) is 5.32 Å². The highest BCUT2D eigenvalue weighted by Gasteiger charge is 2.43. The van der Waals surface area contributed by atoms with Crippen molar-refractivity contribution in [2.24, 2.45) is 0 Å². The maximum Gasteiger partial charge on any atom is 0.586 e. The minimum absolute atomic E-state index is 0.0136. The smallest absolute Gasteiger partial charge is 0.395 e. The van der Waals surface area contributed by atoms with Gasteiger partial charge in [0.15, 0.2) is 17.3 Å². The third kappa shape index (κ3) is 3.70. The summed E-state index contributed by atoms with van der Waals surface area (Å²) >= 11 is 6.15. The van der Waals surface area contributed by atoms with Crippen LogP contribution < -0.4 is 14.8 Å². The monoisotopic (exact) mass is 421 g/mol. The number of anilines is 1. The van der Waals surface area contributed by atoms with E-state index in [-0.39, 0.29) is 34.3 Å². The Morgan fingerprint density at radius 2 is 1.93 bits per heavy atom. The third-order valence-corrected chi connectivity index (χ3v) is 4.37. The number of nitrogens with one attached hydrogen (secondary N) is 1. The Morgan fingerprint density at radius 1 is 1.21 bits per heavy atom. The molecule has 0 saturated carbocycles. The van der Waals surface area contributed by atoms with Crippen LogP contribution >= 0.6 is 11.6 Å². The molecule has 11 heteroatoms. The second-order valence-electron chi connectivity index (χ2n) is 6.44. The standard InChI is InChI=1S/C18H14ClF2N5O3/c1-9(2)26-13(3-4-24-26)17(27)25-16-8-22-12(7-23-16)10-5-14-15(6-11(10)19)29-18(20,21)28-14/h3-9H,1-2H3,(H,23,25,27). The van der Waals surface area contributed by atoms with Crippen LogP contribution in [0, 0.1) is 0 Å². The molecule has 150 valence electrons. The van der Waals surface area contributed by atoms with E-state index in [2.05, 4.69) is 29.9 Å². The Morgan fingerprint density at radius 3 is 2.59 bits per heavy atom. The van der Waals surface area contributed by atoms with Gasteiger partial charge in [0.05, 0.1) is 23.1 Å². The largest absolute Gasteiger partial charge is 0.586 e. The predicted octanol–water partition coefficient (Wildman–Crippen LogP) is 4.15. The van der Waals surface area contributed by atoms with Crippen molar-refractivity contribution in [2.45, 2.75) is 26.2 Å². The number of nitrogens with zero attached hydrogens (tertiary/aromatic N) is 4. The van der Waals surface area contributed by atoms with Gasteiger partial charge < -0.3 is 14.8 Å². The van der Waals surface area contributed by atoms with E-state index in [9.17, 15) is 13.6 Å². The van der Waals surface area contributed by atoms with Gasteiger partial charge in [-0.15, -0.1) is 8.78 Å². The van der Waals surface area contributed by atoms with Gasteiger partial charge in [0, 0.05) is 23.9 Å². The molecule has 0 unspecified atom stereocenters. The quantitative estimate of drug-likeness (QED) is 0.680. The van der Waals surface area contributed by atoms with Crippen LogP contribution in [0.5, 0.6) is 11.5 Å². The van der Waals surface area contributed by atoms with Crippen molar-refractivity contribution in [3.8, 4) is 22.8 Å². The number of hydrogen-bond acceptors (Lipinski definition) is 6. The number of benzene rings is 1. The lowest BCUT2D eigenvalue weighted by Crippen LogP contribution is -2.25. The van der Waals surface area contributed by atoms with E-state index in [4.69, 9.17) is 11.6 Å². The summed E-state index contributed by atoms with van der Waals surface area (Å²) in [5, 5.41) is 6.88. The van der Waals surface area contributed by atoms with Crippen molar-refractivity contribution >= 4 is 23.3 Å². The molecule has 29 heavy (non-hydrogen) atoms. The Bertz CT molecular complexity index is 1090. The van der Waals surface area contributed by atoms with Gasteiger partial charge in [-0.3, -0.25) is 14.5 Å². The zero-order valence-electron chi connectivity index (χ0n) is 15.2. The van der Waals surface area contributed by atoms with Gasteiger partial charge in [0.1, 0.15) is 5.69 Å². The summed E-state index contributed by atoms with van der Waals surface area (Å²) in [5.74, 6) is -0.502. The third-order valence-electron chi connectivity index (χ3n) is 4.05. The molecule has 1 aliphatic heterocycles. The van der Waals surface area contributed by atoms with Gasteiger partial charge in [0.2, 0.25) is 0 Å². The molecule has 0 bridgehead atoms. The number of rotatable bonds is 4. The average molecular weight is 422 g/mol. The number of carbonyl (C=O) groups is 1. The van der Waals surface area contributed by atoms with Crippen molar-refractivity contribution < 1.29 is 23.0 Å². The van der Waals surface area contributed by atoms with Crippen LogP contribution in [0.1, 0.15) is 30.4 Å².